The summed E-state index contributed by atoms with van der Waals surface area (Å²) in [7, 11) is 4.68. The van der Waals surface area contributed by atoms with Crippen molar-refractivity contribution in [2.75, 3.05) is 21.3 Å². The molecular weight excluding hydrogens is 272 g/mol. The molecule has 1 aromatic heterocycles. The van der Waals surface area contributed by atoms with E-state index >= 15 is 0 Å². The van der Waals surface area contributed by atoms with E-state index in [9.17, 15) is 0 Å². The first-order valence-electron chi connectivity index (χ1n) is 6.27. The predicted octanol–water partition coefficient (Wildman–Crippen LogP) is 1.06. The van der Waals surface area contributed by atoms with Gasteiger partial charge in [-0.15, -0.1) is 0 Å². The van der Waals surface area contributed by atoms with Crippen LogP contribution in [0.4, 0.5) is 0 Å². The van der Waals surface area contributed by atoms with Crippen LogP contribution in [0.2, 0.25) is 0 Å². The number of rotatable bonds is 6. The highest BCUT2D eigenvalue weighted by Gasteiger charge is 2.20. The zero-order valence-electron chi connectivity index (χ0n) is 12.2. The van der Waals surface area contributed by atoms with Gasteiger partial charge in [-0.1, -0.05) is 0 Å². The molecule has 2 rings (SSSR count). The van der Waals surface area contributed by atoms with E-state index in [1.54, 1.807) is 39.9 Å². The number of ether oxygens (including phenoxy) is 3. The lowest BCUT2D eigenvalue weighted by Gasteiger charge is -2.19. The van der Waals surface area contributed by atoms with E-state index in [-0.39, 0.29) is 6.04 Å². The summed E-state index contributed by atoms with van der Waals surface area (Å²) in [4.78, 5) is 8.31. The van der Waals surface area contributed by atoms with Crippen LogP contribution >= 0.6 is 0 Å². The Labute approximate surface area is 123 Å². The second-order valence-electron chi connectivity index (χ2n) is 4.19. The van der Waals surface area contributed by atoms with Crippen molar-refractivity contribution < 1.29 is 14.2 Å². The Balaban J connectivity index is 2.52. The van der Waals surface area contributed by atoms with E-state index in [0.29, 0.717) is 22.9 Å². The standard InChI is InChI=1S/C14H18N4O3/c1-19-11-6-9(7-12(20-2)14(11)21-3)13(18-15)10-8-16-4-5-17-10/h4-8,13,18H,15H2,1-3H3. The van der Waals surface area contributed by atoms with Gasteiger partial charge in [-0.3, -0.25) is 15.8 Å². The SMILES string of the molecule is COc1cc(C(NN)c2cnccn2)cc(OC)c1OC. The maximum atomic E-state index is 5.66. The highest BCUT2D eigenvalue weighted by Crippen LogP contribution is 2.40. The van der Waals surface area contributed by atoms with Crippen LogP contribution in [0, 0.1) is 0 Å². The van der Waals surface area contributed by atoms with E-state index < -0.39 is 0 Å². The first-order chi connectivity index (χ1) is 10.2. The van der Waals surface area contributed by atoms with Crippen molar-refractivity contribution >= 4 is 0 Å². The van der Waals surface area contributed by atoms with Crippen molar-refractivity contribution in [1.29, 1.82) is 0 Å². The number of benzene rings is 1. The molecule has 0 fully saturated rings. The van der Waals surface area contributed by atoms with E-state index in [4.69, 9.17) is 20.1 Å². The van der Waals surface area contributed by atoms with E-state index in [0.717, 1.165) is 5.56 Å². The predicted molar refractivity (Wildman–Crippen MR) is 77.3 cm³/mol. The fourth-order valence-corrected chi connectivity index (χ4v) is 2.08. The Kier molecular flexibility index (Phi) is 4.91. The summed E-state index contributed by atoms with van der Waals surface area (Å²) in [5.41, 5.74) is 4.24. The normalized spacial score (nSPS) is 11.8. The molecular formula is C14H18N4O3. The highest BCUT2D eigenvalue weighted by molar-refractivity contribution is 5.55. The van der Waals surface area contributed by atoms with Gasteiger partial charge in [-0.05, 0) is 17.7 Å². The van der Waals surface area contributed by atoms with Gasteiger partial charge in [0.1, 0.15) is 0 Å². The monoisotopic (exact) mass is 290 g/mol. The van der Waals surface area contributed by atoms with Crippen molar-refractivity contribution in [1.82, 2.24) is 15.4 Å². The third-order valence-electron chi connectivity index (χ3n) is 3.07. The van der Waals surface area contributed by atoms with Crippen molar-refractivity contribution in [3.05, 3.63) is 42.0 Å². The average molecular weight is 290 g/mol. The van der Waals surface area contributed by atoms with Gasteiger partial charge in [0.25, 0.3) is 0 Å². The smallest absolute Gasteiger partial charge is 0.203 e. The van der Waals surface area contributed by atoms with Crippen LogP contribution in [0.15, 0.2) is 30.7 Å². The summed E-state index contributed by atoms with van der Waals surface area (Å²) in [6.07, 6.45) is 4.86. The second kappa shape index (κ2) is 6.87. The van der Waals surface area contributed by atoms with Gasteiger partial charge in [-0.2, -0.15) is 0 Å². The number of nitrogens with zero attached hydrogens (tertiary/aromatic N) is 2. The van der Waals surface area contributed by atoms with Crippen LogP contribution in [0.1, 0.15) is 17.3 Å². The molecule has 0 aliphatic rings. The van der Waals surface area contributed by atoms with Crippen LogP contribution in [0.5, 0.6) is 17.2 Å². The summed E-state index contributed by atoms with van der Waals surface area (Å²) in [5.74, 6) is 7.29. The molecule has 1 atom stereocenters. The lowest BCUT2D eigenvalue weighted by atomic mass is 10.0. The lowest BCUT2D eigenvalue weighted by Crippen LogP contribution is -2.29. The van der Waals surface area contributed by atoms with Crippen molar-refractivity contribution in [2.24, 2.45) is 5.84 Å². The van der Waals surface area contributed by atoms with E-state index in [2.05, 4.69) is 15.4 Å². The van der Waals surface area contributed by atoms with E-state index in [1.165, 1.54) is 0 Å². The summed E-state index contributed by atoms with van der Waals surface area (Å²) in [6, 6.07) is 3.30. The highest BCUT2D eigenvalue weighted by atomic mass is 16.5. The third-order valence-corrected chi connectivity index (χ3v) is 3.07. The molecule has 21 heavy (non-hydrogen) atoms. The fraction of sp³-hybridized carbons (Fsp3) is 0.286. The first kappa shape index (κ1) is 15.0. The third kappa shape index (κ3) is 3.04. The molecule has 7 heteroatoms. The van der Waals surface area contributed by atoms with Crippen LogP contribution in [-0.2, 0) is 0 Å². The topological polar surface area (TPSA) is 91.5 Å². The summed E-state index contributed by atoms with van der Waals surface area (Å²) >= 11 is 0. The molecule has 0 radical (unpaired) electrons. The van der Waals surface area contributed by atoms with Crippen LogP contribution < -0.4 is 25.5 Å². The van der Waals surface area contributed by atoms with Crippen LogP contribution in [0.3, 0.4) is 0 Å². The summed E-state index contributed by atoms with van der Waals surface area (Å²) < 4.78 is 16.0. The molecule has 1 unspecified atom stereocenters. The zero-order valence-corrected chi connectivity index (χ0v) is 12.2. The van der Waals surface area contributed by atoms with Gasteiger partial charge >= 0.3 is 0 Å². The first-order valence-corrected chi connectivity index (χ1v) is 6.27. The molecule has 0 spiro atoms. The van der Waals surface area contributed by atoms with Crippen molar-refractivity contribution in [2.45, 2.75) is 6.04 Å². The van der Waals surface area contributed by atoms with Crippen LogP contribution in [-0.4, -0.2) is 31.3 Å². The number of methoxy groups -OCH3 is 3. The van der Waals surface area contributed by atoms with Gasteiger partial charge in [0.05, 0.1) is 39.3 Å². The largest absolute Gasteiger partial charge is 0.493 e. The average Bonchev–Trinajstić information content (AvgIpc) is 2.55. The van der Waals surface area contributed by atoms with Gasteiger partial charge in [0.2, 0.25) is 5.75 Å². The number of nitrogens with one attached hydrogen (secondary N) is 1. The minimum Gasteiger partial charge on any atom is -0.493 e. The van der Waals surface area contributed by atoms with Gasteiger partial charge in [-0.25, -0.2) is 5.43 Å². The summed E-state index contributed by atoms with van der Waals surface area (Å²) in [5, 5.41) is 0. The zero-order chi connectivity index (χ0) is 15.2. The Morgan fingerprint density at radius 2 is 1.71 bits per heavy atom. The van der Waals surface area contributed by atoms with Gasteiger partial charge in [0, 0.05) is 12.4 Å². The fourth-order valence-electron chi connectivity index (χ4n) is 2.08. The van der Waals surface area contributed by atoms with Crippen LogP contribution in [0.25, 0.3) is 0 Å². The summed E-state index contributed by atoms with van der Waals surface area (Å²) in [6.45, 7) is 0. The van der Waals surface area contributed by atoms with Crippen molar-refractivity contribution in [3.63, 3.8) is 0 Å². The molecule has 2 aromatic rings. The molecule has 0 bridgehead atoms. The molecule has 112 valence electrons. The number of hydrazine groups is 1. The minimum atomic E-state index is -0.340. The molecule has 0 amide bonds. The molecule has 1 aromatic carbocycles. The maximum Gasteiger partial charge on any atom is 0.203 e. The number of aromatic nitrogens is 2. The number of nitrogens with two attached hydrogens (primary N) is 1. The number of hydrogen-bond donors (Lipinski definition) is 2. The Hall–Kier alpha value is -2.38. The Bertz CT molecular complexity index is 567. The molecule has 3 N–H and O–H groups in total. The molecule has 0 saturated heterocycles. The Morgan fingerprint density at radius 1 is 1.05 bits per heavy atom. The molecule has 0 saturated carbocycles. The Morgan fingerprint density at radius 3 is 2.14 bits per heavy atom. The van der Waals surface area contributed by atoms with E-state index in [1.807, 2.05) is 12.1 Å². The molecule has 0 aliphatic heterocycles. The molecule has 7 nitrogen and oxygen atoms in total. The number of hydrogen-bond acceptors (Lipinski definition) is 7. The molecule has 0 aliphatic carbocycles. The maximum absolute atomic E-state index is 5.66. The minimum absolute atomic E-state index is 0.340. The lowest BCUT2D eigenvalue weighted by molar-refractivity contribution is 0.323. The second-order valence-corrected chi connectivity index (χ2v) is 4.19. The van der Waals surface area contributed by atoms with Gasteiger partial charge < -0.3 is 14.2 Å². The van der Waals surface area contributed by atoms with Crippen molar-refractivity contribution in [3.8, 4) is 17.2 Å². The quantitative estimate of drug-likeness (QED) is 0.607. The molecule has 1 heterocycles. The van der Waals surface area contributed by atoms with Gasteiger partial charge in [0.15, 0.2) is 11.5 Å².